The Morgan fingerprint density at radius 3 is 2.52 bits per heavy atom. The molecule has 6 nitrogen and oxygen atoms in total. The van der Waals surface area contributed by atoms with E-state index in [0.717, 1.165) is 18.4 Å². The molecule has 0 saturated heterocycles. The van der Waals surface area contributed by atoms with Gasteiger partial charge in [-0.3, -0.25) is 14.5 Å². The number of hydrogen-bond donors (Lipinski definition) is 3. The summed E-state index contributed by atoms with van der Waals surface area (Å²) in [5.41, 5.74) is 0.367. The third-order valence-corrected chi connectivity index (χ3v) is 3.09. The van der Waals surface area contributed by atoms with Crippen molar-refractivity contribution < 1.29 is 28.0 Å². The molecule has 2 atom stereocenters. The Hall–Kier alpha value is -1.87. The van der Waals surface area contributed by atoms with E-state index < -0.39 is 35.3 Å². The number of carbonyl (C=O) groups excluding carboxylic acids is 2. The lowest BCUT2D eigenvalue weighted by atomic mass is 9.91. The summed E-state index contributed by atoms with van der Waals surface area (Å²) in [7, 11) is 0. The fourth-order valence-electron chi connectivity index (χ4n) is 2.06. The van der Waals surface area contributed by atoms with Gasteiger partial charge in [-0.05, 0) is 23.8 Å². The fourth-order valence-corrected chi connectivity index (χ4v) is 2.06. The summed E-state index contributed by atoms with van der Waals surface area (Å²) in [6.07, 6.45) is -3.09. The van der Waals surface area contributed by atoms with Crippen LogP contribution in [0.2, 0.25) is 0 Å². The van der Waals surface area contributed by atoms with E-state index in [1.807, 2.05) is 0 Å². The van der Waals surface area contributed by atoms with Crippen LogP contribution in [-0.4, -0.2) is 40.8 Å². The first kappa shape index (κ1) is 19.2. The molecule has 0 saturated carbocycles. The minimum absolute atomic E-state index is 0.0116. The summed E-state index contributed by atoms with van der Waals surface area (Å²) in [6.45, 7) is 5.33. The van der Waals surface area contributed by atoms with Crippen molar-refractivity contribution in [3.05, 3.63) is 23.9 Å². The maximum atomic E-state index is 12.8. The predicted octanol–water partition coefficient (Wildman–Crippen LogP) is 1.69. The van der Waals surface area contributed by atoms with Crippen LogP contribution in [0.1, 0.15) is 27.2 Å². The number of nitrogens with zero attached hydrogens (tertiary/aromatic N) is 1. The second kappa shape index (κ2) is 7.14. The molecule has 2 amide bonds. The third-order valence-electron chi connectivity index (χ3n) is 3.09. The van der Waals surface area contributed by atoms with Gasteiger partial charge in [-0.15, -0.1) is 0 Å². The summed E-state index contributed by atoms with van der Waals surface area (Å²) >= 11 is 0. The second-order valence-electron chi connectivity index (χ2n) is 6.36. The molecule has 0 aliphatic carbocycles. The average molecular weight is 335 g/mol. The standard InChI is InChI=1S/C14H20F3N3O3/c1-13(2,3)7-11(22)20(8-21)12(19-23)10-6-9(4-5-18-10)14(15,16)17/h4-6,8,10,12,18-19,23H,7H2,1-3H3. The lowest BCUT2D eigenvalue weighted by Gasteiger charge is -2.34. The van der Waals surface area contributed by atoms with Gasteiger partial charge in [0, 0.05) is 6.42 Å². The van der Waals surface area contributed by atoms with E-state index in [1.165, 1.54) is 0 Å². The molecule has 1 rings (SSSR count). The van der Waals surface area contributed by atoms with Crippen molar-refractivity contribution in [3.8, 4) is 0 Å². The van der Waals surface area contributed by atoms with Crippen molar-refractivity contribution in [2.75, 3.05) is 0 Å². The Morgan fingerprint density at radius 2 is 2.09 bits per heavy atom. The molecule has 0 aromatic carbocycles. The van der Waals surface area contributed by atoms with Crippen LogP contribution in [0, 0.1) is 5.41 Å². The van der Waals surface area contributed by atoms with Crippen LogP contribution in [0.25, 0.3) is 0 Å². The monoisotopic (exact) mass is 335 g/mol. The van der Waals surface area contributed by atoms with Gasteiger partial charge in [0.05, 0.1) is 11.6 Å². The SMILES string of the molecule is CC(C)(C)CC(=O)N(C=O)C(NO)C1C=C(C(F)(F)F)C=CN1. The Kier molecular flexibility index (Phi) is 5.95. The quantitative estimate of drug-likeness (QED) is 0.405. The minimum atomic E-state index is -4.57. The summed E-state index contributed by atoms with van der Waals surface area (Å²) < 4.78 is 38.3. The molecule has 130 valence electrons. The number of amides is 2. The van der Waals surface area contributed by atoms with Gasteiger partial charge < -0.3 is 10.5 Å². The number of carbonyl (C=O) groups is 2. The van der Waals surface area contributed by atoms with E-state index in [4.69, 9.17) is 0 Å². The molecule has 0 aromatic heterocycles. The number of halogens is 3. The highest BCUT2D eigenvalue weighted by molar-refractivity contribution is 5.87. The molecule has 0 fully saturated rings. The van der Waals surface area contributed by atoms with Crippen molar-refractivity contribution in [3.63, 3.8) is 0 Å². The summed E-state index contributed by atoms with van der Waals surface area (Å²) in [5, 5.41) is 11.8. The van der Waals surface area contributed by atoms with Gasteiger partial charge in [-0.1, -0.05) is 20.8 Å². The van der Waals surface area contributed by atoms with Crippen LogP contribution in [0.4, 0.5) is 13.2 Å². The molecular formula is C14H20F3N3O3. The maximum Gasteiger partial charge on any atom is 0.416 e. The zero-order valence-electron chi connectivity index (χ0n) is 13.0. The van der Waals surface area contributed by atoms with Gasteiger partial charge in [-0.25, -0.2) is 0 Å². The number of alkyl halides is 3. The molecule has 23 heavy (non-hydrogen) atoms. The molecule has 9 heteroatoms. The molecule has 2 unspecified atom stereocenters. The lowest BCUT2D eigenvalue weighted by molar-refractivity contribution is -0.146. The minimum Gasteiger partial charge on any atom is -0.381 e. The Bertz CT molecular complexity index is 510. The first-order valence-corrected chi connectivity index (χ1v) is 6.87. The van der Waals surface area contributed by atoms with Crippen LogP contribution in [0.3, 0.4) is 0 Å². The van der Waals surface area contributed by atoms with Crippen LogP contribution in [0.5, 0.6) is 0 Å². The fraction of sp³-hybridized carbons (Fsp3) is 0.571. The highest BCUT2D eigenvalue weighted by Crippen LogP contribution is 2.29. The number of rotatable bonds is 5. The summed E-state index contributed by atoms with van der Waals surface area (Å²) in [4.78, 5) is 24.0. The average Bonchev–Trinajstić information content (AvgIpc) is 2.41. The highest BCUT2D eigenvalue weighted by Gasteiger charge is 2.37. The molecule has 0 bridgehead atoms. The molecule has 1 aliphatic heterocycles. The summed E-state index contributed by atoms with van der Waals surface area (Å²) in [5.74, 6) is -0.614. The number of hydrogen-bond acceptors (Lipinski definition) is 5. The van der Waals surface area contributed by atoms with E-state index >= 15 is 0 Å². The normalized spacial score (nSPS) is 19.6. The van der Waals surface area contributed by atoms with Crippen molar-refractivity contribution in [1.82, 2.24) is 15.7 Å². The first-order valence-electron chi connectivity index (χ1n) is 6.87. The van der Waals surface area contributed by atoms with E-state index in [2.05, 4.69) is 5.32 Å². The van der Waals surface area contributed by atoms with Crippen LogP contribution >= 0.6 is 0 Å². The Balaban J connectivity index is 3.01. The van der Waals surface area contributed by atoms with Gasteiger partial charge in [-0.2, -0.15) is 18.7 Å². The van der Waals surface area contributed by atoms with Crippen molar-refractivity contribution in [2.24, 2.45) is 5.41 Å². The van der Waals surface area contributed by atoms with E-state index in [1.54, 1.807) is 26.3 Å². The molecular weight excluding hydrogens is 315 g/mol. The number of nitrogens with one attached hydrogen (secondary N) is 2. The van der Waals surface area contributed by atoms with E-state index in [0.29, 0.717) is 4.90 Å². The van der Waals surface area contributed by atoms with Crippen LogP contribution < -0.4 is 10.8 Å². The first-order chi connectivity index (χ1) is 10.5. The number of allylic oxidation sites excluding steroid dienone is 2. The predicted molar refractivity (Wildman–Crippen MR) is 75.9 cm³/mol. The zero-order valence-corrected chi connectivity index (χ0v) is 13.0. The van der Waals surface area contributed by atoms with Gasteiger partial charge in [0.15, 0.2) is 0 Å². The summed E-state index contributed by atoms with van der Waals surface area (Å²) in [6, 6.07) is -1.13. The number of imide groups is 1. The molecule has 1 aliphatic rings. The third kappa shape index (κ3) is 5.36. The van der Waals surface area contributed by atoms with Gasteiger partial charge in [0.25, 0.3) is 0 Å². The topological polar surface area (TPSA) is 81.7 Å². The second-order valence-corrected chi connectivity index (χ2v) is 6.36. The smallest absolute Gasteiger partial charge is 0.381 e. The van der Waals surface area contributed by atoms with Gasteiger partial charge in [0.2, 0.25) is 12.3 Å². The number of dihydropyridines is 1. The van der Waals surface area contributed by atoms with Crippen LogP contribution in [-0.2, 0) is 9.59 Å². The number of hydroxylamine groups is 1. The van der Waals surface area contributed by atoms with Gasteiger partial charge >= 0.3 is 6.18 Å². The molecule has 3 N–H and O–H groups in total. The lowest BCUT2D eigenvalue weighted by Crippen LogP contribution is -2.57. The van der Waals surface area contributed by atoms with Crippen molar-refractivity contribution in [2.45, 2.75) is 45.6 Å². The molecule has 0 radical (unpaired) electrons. The van der Waals surface area contributed by atoms with E-state index in [9.17, 15) is 28.0 Å². The largest absolute Gasteiger partial charge is 0.416 e. The van der Waals surface area contributed by atoms with Crippen LogP contribution in [0.15, 0.2) is 23.9 Å². The van der Waals surface area contributed by atoms with Crippen molar-refractivity contribution >= 4 is 12.3 Å². The molecule has 0 aromatic rings. The van der Waals surface area contributed by atoms with Crippen molar-refractivity contribution in [1.29, 1.82) is 0 Å². The Morgan fingerprint density at radius 1 is 1.48 bits per heavy atom. The maximum absolute atomic E-state index is 12.8. The Labute approximate surface area is 132 Å². The van der Waals surface area contributed by atoms with E-state index in [-0.39, 0.29) is 12.8 Å². The highest BCUT2D eigenvalue weighted by atomic mass is 19.4. The zero-order chi connectivity index (χ0) is 17.8. The molecule has 0 spiro atoms. The molecule has 1 heterocycles. The van der Waals surface area contributed by atoms with Gasteiger partial charge in [0.1, 0.15) is 6.17 Å².